The number of thioether (sulfide) groups is 1. The van der Waals surface area contributed by atoms with Crippen molar-refractivity contribution in [3.05, 3.63) is 36.2 Å². The average Bonchev–Trinajstić information content (AvgIpc) is 2.65. The van der Waals surface area contributed by atoms with E-state index in [1.54, 1.807) is 11.8 Å². The molecule has 2 rings (SSSR count). The summed E-state index contributed by atoms with van der Waals surface area (Å²) in [6, 6.07) is 4.30. The van der Waals surface area contributed by atoms with Gasteiger partial charge in [-0.1, -0.05) is 25.7 Å². The van der Waals surface area contributed by atoms with Crippen LogP contribution < -0.4 is 4.57 Å². The minimum Gasteiger partial charge on any atom is -0.504 e. The standard InChI is InChI=1S/C20H26N2O4S/c1-22-11-8-10-21-20(22)27-12-7-5-3-2-4-6-9-16(23)15-13-17(24)19(26)18(25)14-15/h8,10-11,13-14H,2-7,9,12H2,1H3,(H2-,23,24,25,26)/p+1. The van der Waals surface area contributed by atoms with E-state index in [-0.39, 0.29) is 11.3 Å². The summed E-state index contributed by atoms with van der Waals surface area (Å²) < 4.78 is 2.02. The van der Waals surface area contributed by atoms with Crippen molar-refractivity contribution in [2.75, 3.05) is 5.75 Å². The third kappa shape index (κ3) is 6.75. The number of nitrogens with zero attached hydrogens (tertiary/aromatic N) is 2. The highest BCUT2D eigenvalue weighted by molar-refractivity contribution is 7.99. The van der Waals surface area contributed by atoms with Crippen LogP contribution in [0.1, 0.15) is 55.3 Å². The molecule has 0 amide bonds. The van der Waals surface area contributed by atoms with Crippen LogP contribution in [0.5, 0.6) is 17.2 Å². The molecule has 7 heteroatoms. The Balaban J connectivity index is 1.54. The van der Waals surface area contributed by atoms with Gasteiger partial charge in [-0.15, -0.1) is 0 Å². The maximum atomic E-state index is 12.1. The molecule has 27 heavy (non-hydrogen) atoms. The van der Waals surface area contributed by atoms with E-state index in [0.29, 0.717) is 6.42 Å². The SMILES string of the molecule is C[n+]1cccnc1SCCCCCCCCC(=O)c1cc(O)c(O)c(O)c1. The highest BCUT2D eigenvalue weighted by Crippen LogP contribution is 2.35. The second-order valence-electron chi connectivity index (χ2n) is 6.52. The first-order valence-corrected chi connectivity index (χ1v) is 10.2. The molecule has 0 aliphatic rings. The van der Waals surface area contributed by atoms with E-state index in [4.69, 9.17) is 0 Å². The lowest BCUT2D eigenvalue weighted by molar-refractivity contribution is -0.713. The first kappa shape index (κ1) is 21.0. The summed E-state index contributed by atoms with van der Waals surface area (Å²) >= 11 is 1.77. The number of unbranched alkanes of at least 4 members (excludes halogenated alkanes) is 5. The van der Waals surface area contributed by atoms with Gasteiger partial charge in [-0.3, -0.25) is 4.79 Å². The molecule has 0 saturated heterocycles. The minimum atomic E-state index is -0.596. The van der Waals surface area contributed by atoms with E-state index >= 15 is 0 Å². The number of benzene rings is 1. The molecule has 0 radical (unpaired) electrons. The lowest BCUT2D eigenvalue weighted by Crippen LogP contribution is -2.31. The molecule has 0 atom stereocenters. The van der Waals surface area contributed by atoms with Crippen molar-refractivity contribution in [2.45, 2.75) is 50.1 Å². The van der Waals surface area contributed by atoms with Gasteiger partial charge in [0.25, 0.3) is 0 Å². The molecule has 1 heterocycles. The molecule has 1 aromatic heterocycles. The van der Waals surface area contributed by atoms with Gasteiger partial charge in [-0.05, 0) is 41.7 Å². The molecule has 0 fully saturated rings. The molecule has 146 valence electrons. The quantitative estimate of drug-likeness (QED) is 0.135. The van der Waals surface area contributed by atoms with Crippen LogP contribution >= 0.6 is 11.8 Å². The predicted octanol–water partition coefficient (Wildman–Crippen LogP) is 3.73. The van der Waals surface area contributed by atoms with Gasteiger partial charge in [0, 0.05) is 23.8 Å². The number of hydrogen-bond donors (Lipinski definition) is 3. The number of carbonyl (C=O) groups is 1. The molecule has 1 aromatic carbocycles. The van der Waals surface area contributed by atoms with E-state index in [0.717, 1.165) is 49.4 Å². The zero-order chi connectivity index (χ0) is 19.6. The lowest BCUT2D eigenvalue weighted by Gasteiger charge is -2.05. The molecule has 0 unspecified atom stereocenters. The number of aromatic hydroxyl groups is 3. The van der Waals surface area contributed by atoms with E-state index in [1.807, 2.05) is 30.1 Å². The van der Waals surface area contributed by atoms with E-state index in [1.165, 1.54) is 12.1 Å². The fourth-order valence-corrected chi connectivity index (χ4v) is 3.67. The van der Waals surface area contributed by atoms with Crippen LogP contribution in [0, 0.1) is 0 Å². The summed E-state index contributed by atoms with van der Waals surface area (Å²) in [5.74, 6) is -0.634. The van der Waals surface area contributed by atoms with E-state index in [2.05, 4.69) is 4.98 Å². The van der Waals surface area contributed by atoms with E-state index in [9.17, 15) is 20.1 Å². The van der Waals surface area contributed by atoms with Gasteiger partial charge in [-0.2, -0.15) is 0 Å². The Kier molecular flexibility index (Phi) is 8.39. The molecule has 0 aliphatic carbocycles. The monoisotopic (exact) mass is 391 g/mol. The van der Waals surface area contributed by atoms with Gasteiger partial charge in [0.2, 0.25) is 0 Å². The number of phenolic OH excluding ortho intramolecular Hbond substituents is 3. The zero-order valence-electron chi connectivity index (χ0n) is 15.6. The van der Waals surface area contributed by atoms with Crippen LogP contribution in [0.2, 0.25) is 0 Å². The number of aromatic nitrogens is 2. The van der Waals surface area contributed by atoms with Crippen LogP contribution in [0.4, 0.5) is 0 Å². The number of carbonyl (C=O) groups excluding carboxylic acids is 1. The van der Waals surface area contributed by atoms with Crippen LogP contribution in [0.3, 0.4) is 0 Å². The summed E-state index contributed by atoms with van der Waals surface area (Å²) in [7, 11) is 2.00. The molecule has 2 aromatic rings. The van der Waals surface area contributed by atoms with Crippen molar-refractivity contribution < 1.29 is 24.7 Å². The van der Waals surface area contributed by atoms with Crippen molar-refractivity contribution >= 4 is 17.5 Å². The van der Waals surface area contributed by atoms with Gasteiger partial charge < -0.3 is 15.3 Å². The first-order chi connectivity index (χ1) is 13.0. The molecule has 3 N–H and O–H groups in total. The van der Waals surface area contributed by atoms with Gasteiger partial charge in [-0.25, -0.2) is 4.57 Å². The Hall–Kier alpha value is -2.28. The normalized spacial score (nSPS) is 10.9. The van der Waals surface area contributed by atoms with Gasteiger partial charge in [0.1, 0.15) is 6.20 Å². The first-order valence-electron chi connectivity index (χ1n) is 9.20. The number of phenols is 3. The van der Waals surface area contributed by atoms with Crippen LogP contribution in [-0.2, 0) is 7.05 Å². The summed E-state index contributed by atoms with van der Waals surface area (Å²) in [6.07, 6.45) is 10.5. The van der Waals surface area contributed by atoms with Crippen molar-refractivity contribution in [1.29, 1.82) is 0 Å². The lowest BCUT2D eigenvalue weighted by atomic mass is 10.0. The van der Waals surface area contributed by atoms with Crippen molar-refractivity contribution in [2.24, 2.45) is 7.05 Å². The molecule has 6 nitrogen and oxygen atoms in total. The summed E-state index contributed by atoms with van der Waals surface area (Å²) in [5.41, 5.74) is 0.225. The third-order valence-electron chi connectivity index (χ3n) is 4.30. The molecular formula is C20H27N2O4S+. The van der Waals surface area contributed by atoms with Gasteiger partial charge in [0.05, 0.1) is 13.2 Å². The Morgan fingerprint density at radius 3 is 2.33 bits per heavy atom. The van der Waals surface area contributed by atoms with Crippen LogP contribution in [-0.4, -0.2) is 31.8 Å². The Labute approximate surface area is 163 Å². The van der Waals surface area contributed by atoms with Gasteiger partial charge >= 0.3 is 5.16 Å². The minimum absolute atomic E-state index is 0.139. The fourth-order valence-electron chi connectivity index (χ4n) is 2.74. The summed E-state index contributed by atoms with van der Waals surface area (Å²) in [4.78, 5) is 16.4. The van der Waals surface area contributed by atoms with Crippen molar-refractivity contribution in [3.8, 4) is 17.2 Å². The maximum Gasteiger partial charge on any atom is 0.358 e. The van der Waals surface area contributed by atoms with Crippen molar-refractivity contribution in [3.63, 3.8) is 0 Å². The summed E-state index contributed by atoms with van der Waals surface area (Å²) in [6.45, 7) is 0. The fraction of sp³-hybridized carbons (Fsp3) is 0.450. The topological polar surface area (TPSA) is 94.5 Å². The van der Waals surface area contributed by atoms with Crippen LogP contribution in [0.25, 0.3) is 0 Å². The van der Waals surface area contributed by atoms with Crippen molar-refractivity contribution in [1.82, 2.24) is 4.98 Å². The Bertz CT molecular complexity index is 744. The number of rotatable bonds is 11. The average molecular weight is 392 g/mol. The highest BCUT2D eigenvalue weighted by Gasteiger charge is 2.13. The number of ketones is 1. The zero-order valence-corrected chi connectivity index (χ0v) is 16.4. The number of aryl methyl sites for hydroxylation is 1. The molecule has 0 aliphatic heterocycles. The predicted molar refractivity (Wildman–Crippen MR) is 104 cm³/mol. The summed E-state index contributed by atoms with van der Waals surface area (Å²) in [5, 5.41) is 29.3. The maximum absolute atomic E-state index is 12.1. The second kappa shape index (κ2) is 10.8. The molecular weight excluding hydrogens is 364 g/mol. The smallest absolute Gasteiger partial charge is 0.358 e. The largest absolute Gasteiger partial charge is 0.504 e. The molecule has 0 spiro atoms. The Morgan fingerprint density at radius 1 is 1.04 bits per heavy atom. The third-order valence-corrected chi connectivity index (χ3v) is 5.45. The van der Waals surface area contributed by atoms with E-state index < -0.39 is 17.2 Å². The van der Waals surface area contributed by atoms with Gasteiger partial charge in [0.15, 0.2) is 23.0 Å². The molecule has 0 saturated carbocycles. The number of hydrogen-bond acceptors (Lipinski definition) is 6. The number of Topliss-reactive ketones (excluding diaryl/α,β-unsaturated/α-hetero) is 1. The molecule has 0 bridgehead atoms. The highest BCUT2D eigenvalue weighted by atomic mass is 32.2. The van der Waals surface area contributed by atoms with Crippen LogP contribution in [0.15, 0.2) is 35.7 Å². The second-order valence-corrected chi connectivity index (χ2v) is 7.58. The Morgan fingerprint density at radius 2 is 1.67 bits per heavy atom.